The second kappa shape index (κ2) is 7.05. The summed E-state index contributed by atoms with van der Waals surface area (Å²) in [6.45, 7) is 1.87. The molecule has 1 saturated carbocycles. The smallest absolute Gasteiger partial charge is 0.236 e. The number of H-pyrrole nitrogens is 1. The molecule has 5 rings (SSSR count). The monoisotopic (exact) mass is 437 g/mol. The summed E-state index contributed by atoms with van der Waals surface area (Å²) in [5, 5.41) is 4.85. The number of carbonyl (C=O) groups is 1. The molecule has 2 N–H and O–H groups in total. The largest absolute Gasteiger partial charge is 0.358 e. The lowest BCUT2D eigenvalue weighted by molar-refractivity contribution is -0.131. The van der Waals surface area contributed by atoms with Crippen LogP contribution in [0.1, 0.15) is 36.1 Å². The van der Waals surface area contributed by atoms with Crippen LogP contribution in [0.25, 0.3) is 10.9 Å². The lowest BCUT2D eigenvalue weighted by Crippen LogP contribution is -2.52. The number of aromatic nitrogens is 1. The number of benzene rings is 2. The second-order valence-electron chi connectivity index (χ2n) is 7.99. The lowest BCUT2D eigenvalue weighted by atomic mass is 9.72. The third-order valence-electron chi connectivity index (χ3n) is 6.40. The van der Waals surface area contributed by atoms with Crippen molar-refractivity contribution in [2.75, 3.05) is 13.1 Å². The first-order valence-corrected chi connectivity index (χ1v) is 10.8. The summed E-state index contributed by atoms with van der Waals surface area (Å²) < 4.78 is 1.09. The zero-order valence-electron chi connectivity index (χ0n) is 15.8. The van der Waals surface area contributed by atoms with E-state index in [1.165, 1.54) is 34.1 Å². The third kappa shape index (κ3) is 3.07. The van der Waals surface area contributed by atoms with Crippen molar-refractivity contribution in [2.24, 2.45) is 0 Å². The van der Waals surface area contributed by atoms with Crippen molar-refractivity contribution in [1.82, 2.24) is 15.2 Å². The molecule has 1 amide bonds. The molecule has 1 fully saturated rings. The average Bonchev–Trinajstić information content (AvgIpc) is 3.05. The van der Waals surface area contributed by atoms with Gasteiger partial charge in [0.05, 0.1) is 6.54 Å². The van der Waals surface area contributed by atoms with E-state index in [9.17, 15) is 4.79 Å². The van der Waals surface area contributed by atoms with Gasteiger partial charge in [-0.2, -0.15) is 0 Å². The number of rotatable bonds is 4. The van der Waals surface area contributed by atoms with Gasteiger partial charge in [0, 0.05) is 51.7 Å². The topological polar surface area (TPSA) is 48.1 Å². The Balaban J connectivity index is 1.30. The van der Waals surface area contributed by atoms with Crippen LogP contribution >= 0.6 is 15.9 Å². The Bertz CT molecular complexity index is 1040. The predicted octanol–water partition coefficient (Wildman–Crippen LogP) is 4.48. The molecule has 0 radical (unpaired) electrons. The van der Waals surface area contributed by atoms with Gasteiger partial charge in [0.1, 0.15) is 0 Å². The van der Waals surface area contributed by atoms with Gasteiger partial charge in [-0.15, -0.1) is 0 Å². The fourth-order valence-electron chi connectivity index (χ4n) is 4.62. The molecule has 0 spiro atoms. The van der Waals surface area contributed by atoms with E-state index in [1.54, 1.807) is 0 Å². The SMILES string of the molecule is O=C(CNC1(c2cccc(Br)c2)CCC1)N1CCc2[nH]c3ccccc3c2C1. The van der Waals surface area contributed by atoms with E-state index in [-0.39, 0.29) is 11.4 Å². The van der Waals surface area contributed by atoms with Crippen LogP contribution in [0.3, 0.4) is 0 Å². The summed E-state index contributed by atoms with van der Waals surface area (Å²) in [6, 6.07) is 16.8. The maximum Gasteiger partial charge on any atom is 0.236 e. The number of nitrogens with zero attached hydrogens (tertiary/aromatic N) is 1. The molecule has 1 aromatic heterocycles. The van der Waals surface area contributed by atoms with E-state index in [2.05, 4.69) is 68.7 Å². The van der Waals surface area contributed by atoms with Gasteiger partial charge >= 0.3 is 0 Å². The van der Waals surface area contributed by atoms with Crippen molar-refractivity contribution in [3.63, 3.8) is 0 Å². The van der Waals surface area contributed by atoms with Crippen LogP contribution in [0.4, 0.5) is 0 Å². The zero-order valence-corrected chi connectivity index (χ0v) is 17.4. The Hall–Kier alpha value is -2.11. The average molecular weight is 438 g/mol. The second-order valence-corrected chi connectivity index (χ2v) is 8.91. The summed E-state index contributed by atoms with van der Waals surface area (Å²) in [5.41, 5.74) is 4.95. The van der Waals surface area contributed by atoms with Crippen LogP contribution in [0, 0.1) is 0 Å². The van der Waals surface area contributed by atoms with Gasteiger partial charge in [0.15, 0.2) is 0 Å². The Morgan fingerprint density at radius 3 is 2.82 bits per heavy atom. The first kappa shape index (κ1) is 18.0. The van der Waals surface area contributed by atoms with Crippen LogP contribution in [-0.2, 0) is 23.3 Å². The van der Waals surface area contributed by atoms with Crippen molar-refractivity contribution in [1.29, 1.82) is 0 Å². The molecule has 1 aliphatic carbocycles. The molecule has 4 nitrogen and oxygen atoms in total. The van der Waals surface area contributed by atoms with Crippen LogP contribution in [0.15, 0.2) is 53.0 Å². The van der Waals surface area contributed by atoms with E-state index < -0.39 is 0 Å². The van der Waals surface area contributed by atoms with E-state index in [4.69, 9.17) is 0 Å². The number of carbonyl (C=O) groups excluding carboxylic acids is 1. The molecule has 1 aliphatic heterocycles. The number of hydrogen-bond acceptors (Lipinski definition) is 2. The minimum Gasteiger partial charge on any atom is -0.358 e. The van der Waals surface area contributed by atoms with E-state index in [0.29, 0.717) is 13.1 Å². The van der Waals surface area contributed by atoms with Gasteiger partial charge in [0.25, 0.3) is 0 Å². The number of halogens is 1. The normalized spacial score (nSPS) is 18.0. The fourth-order valence-corrected chi connectivity index (χ4v) is 5.02. The number of nitrogens with one attached hydrogen (secondary N) is 2. The van der Waals surface area contributed by atoms with Crippen LogP contribution in [0.5, 0.6) is 0 Å². The maximum absolute atomic E-state index is 13.0. The Morgan fingerprint density at radius 1 is 1.18 bits per heavy atom. The zero-order chi connectivity index (χ0) is 19.1. The molecule has 2 heterocycles. The van der Waals surface area contributed by atoms with Gasteiger partial charge < -0.3 is 9.88 Å². The minimum atomic E-state index is -0.0544. The van der Waals surface area contributed by atoms with Gasteiger partial charge in [-0.25, -0.2) is 0 Å². The standard InChI is InChI=1S/C23H24BrN3O/c24-17-6-3-5-16(13-17)23(10-4-11-23)25-14-22(28)27-12-9-21-19(15-27)18-7-1-2-8-20(18)26-21/h1-3,5-8,13,25-26H,4,9-12,14-15H2. The number of amides is 1. The molecule has 0 bridgehead atoms. The highest BCUT2D eigenvalue weighted by atomic mass is 79.9. The fraction of sp³-hybridized carbons (Fsp3) is 0.348. The van der Waals surface area contributed by atoms with E-state index >= 15 is 0 Å². The Labute approximate surface area is 173 Å². The van der Waals surface area contributed by atoms with Crippen molar-refractivity contribution in [3.05, 3.63) is 69.8 Å². The van der Waals surface area contributed by atoms with Crippen LogP contribution in [0.2, 0.25) is 0 Å². The van der Waals surface area contributed by atoms with E-state index in [1.807, 2.05) is 11.0 Å². The van der Waals surface area contributed by atoms with Crippen molar-refractivity contribution >= 4 is 32.7 Å². The molecular weight excluding hydrogens is 414 g/mol. The quantitative estimate of drug-likeness (QED) is 0.631. The van der Waals surface area contributed by atoms with Crippen LogP contribution in [-0.4, -0.2) is 28.9 Å². The van der Waals surface area contributed by atoms with Gasteiger partial charge in [-0.3, -0.25) is 10.1 Å². The maximum atomic E-state index is 13.0. The number of aromatic amines is 1. The molecule has 2 aromatic carbocycles. The van der Waals surface area contributed by atoms with Crippen molar-refractivity contribution in [3.8, 4) is 0 Å². The summed E-state index contributed by atoms with van der Waals surface area (Å²) in [7, 11) is 0. The molecule has 3 aromatic rings. The first-order valence-electron chi connectivity index (χ1n) is 10.0. The predicted molar refractivity (Wildman–Crippen MR) is 115 cm³/mol. The van der Waals surface area contributed by atoms with Crippen molar-refractivity contribution < 1.29 is 4.79 Å². The highest BCUT2D eigenvalue weighted by molar-refractivity contribution is 9.10. The van der Waals surface area contributed by atoms with E-state index in [0.717, 1.165) is 30.3 Å². The summed E-state index contributed by atoms with van der Waals surface area (Å²) >= 11 is 3.58. The number of hydrogen-bond donors (Lipinski definition) is 2. The summed E-state index contributed by atoms with van der Waals surface area (Å²) in [6.07, 6.45) is 4.27. The molecule has 144 valence electrons. The highest BCUT2D eigenvalue weighted by Crippen LogP contribution is 2.41. The van der Waals surface area contributed by atoms with Gasteiger partial charge in [0.2, 0.25) is 5.91 Å². The lowest BCUT2D eigenvalue weighted by Gasteiger charge is -2.44. The molecule has 2 aliphatic rings. The summed E-state index contributed by atoms with van der Waals surface area (Å²) in [4.78, 5) is 18.5. The van der Waals surface area contributed by atoms with Crippen molar-refractivity contribution in [2.45, 2.75) is 37.8 Å². The molecule has 0 saturated heterocycles. The molecular formula is C23H24BrN3O. The first-order chi connectivity index (χ1) is 13.6. The minimum absolute atomic E-state index is 0.0544. The number of fused-ring (bicyclic) bond motifs is 3. The van der Waals surface area contributed by atoms with Gasteiger partial charge in [-0.1, -0.05) is 46.3 Å². The molecule has 5 heteroatoms. The molecule has 28 heavy (non-hydrogen) atoms. The van der Waals surface area contributed by atoms with Crippen LogP contribution < -0.4 is 5.32 Å². The number of para-hydroxylation sites is 1. The summed E-state index contributed by atoms with van der Waals surface area (Å²) in [5.74, 6) is 0.192. The Kier molecular flexibility index (Phi) is 4.52. The highest BCUT2D eigenvalue weighted by Gasteiger charge is 2.39. The molecule has 0 unspecified atom stereocenters. The third-order valence-corrected chi connectivity index (χ3v) is 6.89. The van der Waals surface area contributed by atoms with Gasteiger partial charge in [-0.05, 0) is 43.0 Å². The Morgan fingerprint density at radius 2 is 2.04 bits per heavy atom. The molecule has 0 atom stereocenters.